The molecule has 88 valence electrons. The quantitative estimate of drug-likeness (QED) is 0.708. The van der Waals surface area contributed by atoms with Gasteiger partial charge in [-0.2, -0.15) is 0 Å². The maximum Gasteiger partial charge on any atom is -0.00993 e. The van der Waals surface area contributed by atoms with Crippen molar-refractivity contribution in [3.8, 4) is 11.1 Å². The van der Waals surface area contributed by atoms with Crippen LogP contribution in [0.3, 0.4) is 0 Å². The lowest BCUT2D eigenvalue weighted by atomic mass is 10.0. The number of hydrogen-bond donors (Lipinski definition) is 0. The van der Waals surface area contributed by atoms with Gasteiger partial charge in [0.15, 0.2) is 0 Å². The summed E-state index contributed by atoms with van der Waals surface area (Å²) in [6.07, 6.45) is 4.57. The maximum absolute atomic E-state index is 2.30. The third-order valence-electron chi connectivity index (χ3n) is 3.41. The summed E-state index contributed by atoms with van der Waals surface area (Å²) in [6.45, 7) is 4.33. The van der Waals surface area contributed by atoms with Crippen molar-refractivity contribution in [3.63, 3.8) is 0 Å². The van der Waals surface area contributed by atoms with Crippen molar-refractivity contribution >= 4 is 12.2 Å². The molecule has 0 spiro atoms. The van der Waals surface area contributed by atoms with Crippen molar-refractivity contribution in [2.45, 2.75) is 13.8 Å². The first-order chi connectivity index (χ1) is 8.75. The summed E-state index contributed by atoms with van der Waals surface area (Å²) in [7, 11) is 0. The summed E-state index contributed by atoms with van der Waals surface area (Å²) in [4.78, 5) is 0. The first kappa shape index (κ1) is 11.0. The lowest BCUT2D eigenvalue weighted by molar-refractivity contribution is 1.38. The van der Waals surface area contributed by atoms with Gasteiger partial charge in [-0.25, -0.2) is 0 Å². The van der Waals surface area contributed by atoms with Crippen LogP contribution in [0.4, 0.5) is 0 Å². The Balaban J connectivity index is 2.31. The Morgan fingerprint density at radius 2 is 1.56 bits per heavy atom. The molecule has 0 radical (unpaired) electrons. The summed E-state index contributed by atoms with van der Waals surface area (Å²) >= 11 is 0. The smallest absolute Gasteiger partial charge is 0.00993 e. The first-order valence-corrected chi connectivity index (χ1v) is 6.31. The Kier molecular flexibility index (Phi) is 2.64. The Morgan fingerprint density at radius 1 is 0.778 bits per heavy atom. The number of fused-ring (bicyclic) bond motifs is 1. The van der Waals surface area contributed by atoms with Crippen molar-refractivity contribution in [1.29, 1.82) is 0 Å². The van der Waals surface area contributed by atoms with Gasteiger partial charge in [0.1, 0.15) is 0 Å². The van der Waals surface area contributed by atoms with Crippen molar-refractivity contribution in [2.24, 2.45) is 0 Å². The summed E-state index contributed by atoms with van der Waals surface area (Å²) in [5, 5.41) is 2.67. The maximum atomic E-state index is 2.30. The largest absolute Gasteiger partial charge is 0.0691 e. The minimum atomic E-state index is 1.29. The molecule has 2 aromatic carbocycles. The van der Waals surface area contributed by atoms with Gasteiger partial charge in [0, 0.05) is 0 Å². The SMILES string of the molecule is CC(C)=C1C=c2cccc(-c3ccccc3)c2=C1. The molecular weight excluding hydrogens is 216 g/mol. The fourth-order valence-corrected chi connectivity index (χ4v) is 2.39. The van der Waals surface area contributed by atoms with Gasteiger partial charge in [-0.3, -0.25) is 0 Å². The van der Waals surface area contributed by atoms with Crippen LogP contribution < -0.4 is 10.4 Å². The van der Waals surface area contributed by atoms with Gasteiger partial charge in [-0.15, -0.1) is 0 Å². The van der Waals surface area contributed by atoms with Crippen LogP contribution in [0, 0.1) is 0 Å². The zero-order valence-electron chi connectivity index (χ0n) is 10.8. The van der Waals surface area contributed by atoms with Crippen LogP contribution in [0.15, 0.2) is 59.7 Å². The van der Waals surface area contributed by atoms with E-state index in [1.807, 2.05) is 0 Å². The van der Waals surface area contributed by atoms with Crippen molar-refractivity contribution in [1.82, 2.24) is 0 Å². The van der Waals surface area contributed by atoms with Gasteiger partial charge < -0.3 is 0 Å². The topological polar surface area (TPSA) is 0 Å². The molecular formula is C18H16. The summed E-state index contributed by atoms with van der Waals surface area (Å²) in [5.74, 6) is 0. The van der Waals surface area contributed by atoms with Crippen LogP contribution in [0.25, 0.3) is 23.3 Å². The Bertz CT molecular complexity index is 727. The average molecular weight is 232 g/mol. The van der Waals surface area contributed by atoms with Gasteiger partial charge in [0.05, 0.1) is 0 Å². The second-order valence-corrected chi connectivity index (χ2v) is 4.92. The van der Waals surface area contributed by atoms with E-state index >= 15 is 0 Å². The molecule has 0 fully saturated rings. The molecule has 2 aromatic rings. The summed E-state index contributed by atoms with van der Waals surface area (Å²) in [6, 6.07) is 17.1. The predicted molar refractivity (Wildman–Crippen MR) is 78.4 cm³/mol. The number of rotatable bonds is 1. The zero-order valence-corrected chi connectivity index (χ0v) is 10.8. The summed E-state index contributed by atoms with van der Waals surface area (Å²) < 4.78 is 0. The standard InChI is InChI=1S/C18H16/c1-13(2)16-11-15-9-6-10-17(18(15)12-16)14-7-4-3-5-8-14/h3-12H,1-2H3. The van der Waals surface area contributed by atoms with Crippen LogP contribution in [-0.4, -0.2) is 0 Å². The van der Waals surface area contributed by atoms with Gasteiger partial charge >= 0.3 is 0 Å². The molecule has 0 saturated carbocycles. The highest BCUT2D eigenvalue weighted by atomic mass is 14.1. The first-order valence-electron chi connectivity index (χ1n) is 6.31. The molecule has 0 atom stereocenters. The van der Waals surface area contributed by atoms with Gasteiger partial charge in [-0.05, 0) is 53.1 Å². The fourth-order valence-electron chi connectivity index (χ4n) is 2.39. The molecule has 0 unspecified atom stereocenters. The van der Waals surface area contributed by atoms with E-state index in [0.29, 0.717) is 0 Å². The molecule has 3 rings (SSSR count). The lowest BCUT2D eigenvalue weighted by Gasteiger charge is -2.01. The normalized spacial score (nSPS) is 12.7. The van der Waals surface area contributed by atoms with Crippen LogP contribution >= 0.6 is 0 Å². The number of allylic oxidation sites excluding steroid dienone is 2. The van der Waals surface area contributed by atoms with Crippen molar-refractivity contribution in [2.75, 3.05) is 0 Å². The van der Waals surface area contributed by atoms with Crippen molar-refractivity contribution in [3.05, 3.63) is 70.1 Å². The number of hydrogen-bond acceptors (Lipinski definition) is 0. The molecule has 1 aliphatic rings. The monoisotopic (exact) mass is 232 g/mol. The van der Waals surface area contributed by atoms with Crippen LogP contribution in [-0.2, 0) is 0 Å². The predicted octanol–water partition coefficient (Wildman–Crippen LogP) is 3.26. The molecule has 0 aromatic heterocycles. The van der Waals surface area contributed by atoms with Crippen molar-refractivity contribution < 1.29 is 0 Å². The highest BCUT2D eigenvalue weighted by Gasteiger charge is 2.05. The number of benzene rings is 2. The molecule has 0 heterocycles. The van der Waals surface area contributed by atoms with Crippen LogP contribution in [0.5, 0.6) is 0 Å². The Hall–Kier alpha value is -2.08. The van der Waals surface area contributed by atoms with E-state index in [1.165, 1.54) is 32.7 Å². The third kappa shape index (κ3) is 1.80. The van der Waals surface area contributed by atoms with E-state index < -0.39 is 0 Å². The van der Waals surface area contributed by atoms with E-state index in [-0.39, 0.29) is 0 Å². The van der Waals surface area contributed by atoms with Gasteiger partial charge in [0.25, 0.3) is 0 Å². The van der Waals surface area contributed by atoms with E-state index in [2.05, 4.69) is 74.5 Å². The molecule has 0 saturated heterocycles. The molecule has 0 heteroatoms. The highest BCUT2D eigenvalue weighted by Crippen LogP contribution is 2.16. The van der Waals surface area contributed by atoms with E-state index in [9.17, 15) is 0 Å². The Labute approximate surface area is 108 Å². The highest BCUT2D eigenvalue weighted by molar-refractivity contribution is 5.78. The molecule has 0 nitrogen and oxygen atoms in total. The third-order valence-corrected chi connectivity index (χ3v) is 3.41. The zero-order chi connectivity index (χ0) is 12.5. The minimum absolute atomic E-state index is 1.29. The Morgan fingerprint density at radius 3 is 2.28 bits per heavy atom. The second kappa shape index (κ2) is 4.30. The van der Waals surface area contributed by atoms with E-state index in [0.717, 1.165) is 0 Å². The minimum Gasteiger partial charge on any atom is -0.0691 e. The molecule has 0 aliphatic heterocycles. The molecule has 0 bridgehead atoms. The molecule has 1 aliphatic carbocycles. The molecule has 0 amide bonds. The second-order valence-electron chi connectivity index (χ2n) is 4.92. The van der Waals surface area contributed by atoms with Gasteiger partial charge in [-0.1, -0.05) is 54.1 Å². The van der Waals surface area contributed by atoms with Crippen LogP contribution in [0.2, 0.25) is 0 Å². The van der Waals surface area contributed by atoms with E-state index in [1.54, 1.807) is 0 Å². The summed E-state index contributed by atoms with van der Waals surface area (Å²) in [5.41, 5.74) is 5.31. The average Bonchev–Trinajstić information content (AvgIpc) is 2.83. The van der Waals surface area contributed by atoms with E-state index in [4.69, 9.17) is 0 Å². The van der Waals surface area contributed by atoms with Crippen LogP contribution in [0.1, 0.15) is 13.8 Å². The lowest BCUT2D eigenvalue weighted by Crippen LogP contribution is -2.22. The molecule has 18 heavy (non-hydrogen) atoms. The fraction of sp³-hybridized carbons (Fsp3) is 0.111. The van der Waals surface area contributed by atoms with Gasteiger partial charge in [0.2, 0.25) is 0 Å². The molecule has 0 N–H and O–H groups in total.